The standard InChI is InChI=1S/C19H25N3O4S/c23-27(24,19-13-20-22(15-19)17-6-9-25-10-7-17)21-8-11-26-18(14-21)12-16-4-2-1-3-5-16/h1-5,13,15,17-18H,6-12,14H2/t18-/m0/s1. The first-order valence-corrected chi connectivity index (χ1v) is 10.8. The number of aromatic nitrogens is 2. The van der Waals surface area contributed by atoms with E-state index in [4.69, 9.17) is 9.47 Å². The second kappa shape index (κ2) is 8.10. The van der Waals surface area contributed by atoms with Gasteiger partial charge in [0.05, 0.1) is 24.9 Å². The molecule has 0 aliphatic carbocycles. The Kier molecular flexibility index (Phi) is 5.58. The van der Waals surface area contributed by atoms with E-state index in [0.29, 0.717) is 39.3 Å². The summed E-state index contributed by atoms with van der Waals surface area (Å²) in [4.78, 5) is 0.259. The zero-order valence-electron chi connectivity index (χ0n) is 15.2. The lowest BCUT2D eigenvalue weighted by molar-refractivity contribution is -0.000500. The van der Waals surface area contributed by atoms with Crippen LogP contribution < -0.4 is 0 Å². The molecule has 0 N–H and O–H groups in total. The third-order valence-electron chi connectivity index (χ3n) is 5.19. The quantitative estimate of drug-likeness (QED) is 0.778. The molecule has 0 unspecified atom stereocenters. The molecular formula is C19H25N3O4S. The molecule has 0 bridgehead atoms. The molecule has 2 aromatic rings. The zero-order chi connectivity index (χ0) is 18.7. The second-order valence-corrected chi connectivity index (χ2v) is 8.98. The minimum absolute atomic E-state index is 0.138. The molecule has 0 amide bonds. The SMILES string of the molecule is O=S(=O)(c1cnn(C2CCOCC2)c1)N1CCO[C@@H](Cc2ccccc2)C1. The Morgan fingerprint density at radius 3 is 2.67 bits per heavy atom. The minimum atomic E-state index is -3.57. The summed E-state index contributed by atoms with van der Waals surface area (Å²) < 4.78 is 40.6. The third kappa shape index (κ3) is 4.24. The molecule has 146 valence electrons. The Bertz CT molecular complexity index is 847. The highest BCUT2D eigenvalue weighted by atomic mass is 32.2. The Morgan fingerprint density at radius 2 is 1.89 bits per heavy atom. The summed E-state index contributed by atoms with van der Waals surface area (Å²) in [5.41, 5.74) is 1.15. The first-order chi connectivity index (χ1) is 13.1. The summed E-state index contributed by atoms with van der Waals surface area (Å²) in [5, 5.41) is 4.31. The van der Waals surface area contributed by atoms with Gasteiger partial charge in [0.1, 0.15) is 4.90 Å². The summed E-state index contributed by atoms with van der Waals surface area (Å²) in [7, 11) is -3.57. The van der Waals surface area contributed by atoms with E-state index < -0.39 is 10.0 Å². The maximum atomic E-state index is 13.1. The van der Waals surface area contributed by atoms with Crippen molar-refractivity contribution in [1.82, 2.24) is 14.1 Å². The van der Waals surface area contributed by atoms with E-state index >= 15 is 0 Å². The average Bonchev–Trinajstić information content (AvgIpc) is 3.21. The van der Waals surface area contributed by atoms with Crippen molar-refractivity contribution in [1.29, 1.82) is 0 Å². The zero-order valence-corrected chi connectivity index (χ0v) is 16.1. The number of nitrogens with zero attached hydrogens (tertiary/aromatic N) is 3. The molecule has 3 heterocycles. The van der Waals surface area contributed by atoms with Crippen molar-refractivity contribution in [2.24, 2.45) is 0 Å². The van der Waals surface area contributed by atoms with Gasteiger partial charge >= 0.3 is 0 Å². The predicted molar refractivity (Wildman–Crippen MR) is 100.0 cm³/mol. The molecule has 1 aromatic carbocycles. The van der Waals surface area contributed by atoms with Gasteiger partial charge < -0.3 is 9.47 Å². The van der Waals surface area contributed by atoms with Gasteiger partial charge in [-0.15, -0.1) is 0 Å². The Morgan fingerprint density at radius 1 is 1.11 bits per heavy atom. The van der Waals surface area contributed by atoms with E-state index in [1.54, 1.807) is 10.9 Å². The number of sulfonamides is 1. The van der Waals surface area contributed by atoms with Crippen LogP contribution in [0.2, 0.25) is 0 Å². The van der Waals surface area contributed by atoms with Crippen molar-refractivity contribution in [3.8, 4) is 0 Å². The Labute approximate surface area is 159 Å². The molecule has 0 saturated carbocycles. The van der Waals surface area contributed by atoms with Crippen molar-refractivity contribution in [3.05, 3.63) is 48.3 Å². The minimum Gasteiger partial charge on any atom is -0.381 e. The van der Waals surface area contributed by atoms with E-state index in [-0.39, 0.29) is 17.0 Å². The van der Waals surface area contributed by atoms with Crippen molar-refractivity contribution >= 4 is 10.0 Å². The molecule has 8 heteroatoms. The van der Waals surface area contributed by atoms with Crippen LogP contribution in [0.5, 0.6) is 0 Å². The van der Waals surface area contributed by atoms with Gasteiger partial charge in [0.25, 0.3) is 0 Å². The molecule has 1 aromatic heterocycles. The van der Waals surface area contributed by atoms with Crippen LogP contribution in [0.15, 0.2) is 47.6 Å². The first kappa shape index (κ1) is 18.6. The maximum Gasteiger partial charge on any atom is 0.246 e. The van der Waals surface area contributed by atoms with Crippen molar-refractivity contribution in [3.63, 3.8) is 0 Å². The molecule has 1 atom stereocenters. The number of morpholine rings is 1. The fourth-order valence-electron chi connectivity index (χ4n) is 3.66. The van der Waals surface area contributed by atoms with Gasteiger partial charge in [0, 0.05) is 32.5 Å². The Hall–Kier alpha value is -1.74. The van der Waals surface area contributed by atoms with Crippen LogP contribution in [0, 0.1) is 0 Å². The van der Waals surface area contributed by atoms with E-state index in [0.717, 1.165) is 18.4 Å². The topological polar surface area (TPSA) is 73.7 Å². The summed E-state index contributed by atoms with van der Waals surface area (Å²) >= 11 is 0. The Balaban J connectivity index is 1.45. The highest BCUT2D eigenvalue weighted by Crippen LogP contribution is 2.24. The fraction of sp³-hybridized carbons (Fsp3) is 0.526. The van der Waals surface area contributed by atoms with Crippen LogP contribution in [0.1, 0.15) is 24.4 Å². The largest absolute Gasteiger partial charge is 0.381 e. The second-order valence-electron chi connectivity index (χ2n) is 7.05. The van der Waals surface area contributed by atoms with Gasteiger partial charge in [-0.3, -0.25) is 4.68 Å². The van der Waals surface area contributed by atoms with Crippen LogP contribution in [0.25, 0.3) is 0 Å². The van der Waals surface area contributed by atoms with E-state index in [1.807, 2.05) is 30.3 Å². The first-order valence-electron chi connectivity index (χ1n) is 9.40. The van der Waals surface area contributed by atoms with E-state index in [9.17, 15) is 8.42 Å². The van der Waals surface area contributed by atoms with Crippen molar-refractivity contribution < 1.29 is 17.9 Å². The highest BCUT2D eigenvalue weighted by molar-refractivity contribution is 7.89. The smallest absolute Gasteiger partial charge is 0.246 e. The van der Waals surface area contributed by atoms with Crippen LogP contribution in [-0.4, -0.2) is 61.5 Å². The molecule has 2 fully saturated rings. The number of benzene rings is 1. The predicted octanol–water partition coefficient (Wildman–Crippen LogP) is 1.87. The molecular weight excluding hydrogens is 366 g/mol. The van der Waals surface area contributed by atoms with E-state index in [2.05, 4.69) is 5.10 Å². The van der Waals surface area contributed by atoms with Gasteiger partial charge in [-0.25, -0.2) is 8.42 Å². The number of rotatable bonds is 5. The molecule has 4 rings (SSSR count). The molecule has 2 saturated heterocycles. The number of hydrogen-bond donors (Lipinski definition) is 0. The molecule has 7 nitrogen and oxygen atoms in total. The monoisotopic (exact) mass is 391 g/mol. The van der Waals surface area contributed by atoms with Gasteiger partial charge in [0.15, 0.2) is 0 Å². The fourth-order valence-corrected chi connectivity index (χ4v) is 5.06. The molecule has 27 heavy (non-hydrogen) atoms. The van der Waals surface area contributed by atoms with Gasteiger partial charge in [-0.1, -0.05) is 30.3 Å². The summed E-state index contributed by atoms with van der Waals surface area (Å²) in [5.74, 6) is 0. The van der Waals surface area contributed by atoms with Crippen LogP contribution in [-0.2, 0) is 25.9 Å². The normalized spacial score (nSPS) is 22.7. The highest BCUT2D eigenvalue weighted by Gasteiger charge is 2.32. The summed E-state index contributed by atoms with van der Waals surface area (Å²) in [6, 6.07) is 10.2. The number of ether oxygens (including phenoxy) is 2. The molecule has 0 spiro atoms. The van der Waals surface area contributed by atoms with Crippen LogP contribution in [0.4, 0.5) is 0 Å². The average molecular weight is 391 g/mol. The molecule has 2 aliphatic heterocycles. The summed E-state index contributed by atoms with van der Waals surface area (Å²) in [6.45, 7) is 2.52. The van der Waals surface area contributed by atoms with E-state index in [1.165, 1.54) is 10.5 Å². The van der Waals surface area contributed by atoms with Gasteiger partial charge in [0.2, 0.25) is 10.0 Å². The lowest BCUT2D eigenvalue weighted by Crippen LogP contribution is -2.46. The van der Waals surface area contributed by atoms with Gasteiger partial charge in [-0.2, -0.15) is 9.40 Å². The molecule has 2 aliphatic rings. The van der Waals surface area contributed by atoms with Crippen LogP contribution in [0.3, 0.4) is 0 Å². The lowest BCUT2D eigenvalue weighted by Gasteiger charge is -2.32. The van der Waals surface area contributed by atoms with Crippen LogP contribution >= 0.6 is 0 Å². The number of hydrogen-bond acceptors (Lipinski definition) is 5. The summed E-state index contributed by atoms with van der Waals surface area (Å²) in [6.07, 6.45) is 5.41. The van der Waals surface area contributed by atoms with Crippen molar-refractivity contribution in [2.75, 3.05) is 32.9 Å². The maximum absolute atomic E-state index is 13.1. The lowest BCUT2D eigenvalue weighted by atomic mass is 10.1. The third-order valence-corrected chi connectivity index (χ3v) is 7.01. The van der Waals surface area contributed by atoms with Gasteiger partial charge in [-0.05, 0) is 24.8 Å². The molecule has 0 radical (unpaired) electrons. The van der Waals surface area contributed by atoms with Crippen molar-refractivity contribution in [2.45, 2.75) is 36.3 Å².